The predicted molar refractivity (Wildman–Crippen MR) is 129 cm³/mol. The molecule has 0 aliphatic carbocycles. The molecule has 0 aliphatic rings. The van der Waals surface area contributed by atoms with Gasteiger partial charge >= 0.3 is 0 Å². The third-order valence-electron chi connectivity index (χ3n) is 5.52. The molecule has 0 aliphatic heterocycles. The maximum Gasteiger partial charge on any atom is 0.243 e. The summed E-state index contributed by atoms with van der Waals surface area (Å²) in [4.78, 5) is 12.9. The summed E-state index contributed by atoms with van der Waals surface area (Å²) in [5, 5.41) is 2.94. The highest BCUT2D eigenvalue weighted by Gasteiger charge is 2.32. The van der Waals surface area contributed by atoms with Crippen LogP contribution < -0.4 is 9.62 Å². The van der Waals surface area contributed by atoms with Gasteiger partial charge in [0.1, 0.15) is 6.04 Å². The first-order valence-corrected chi connectivity index (χ1v) is 12.8. The van der Waals surface area contributed by atoms with E-state index in [0.717, 1.165) is 30.2 Å². The third-order valence-corrected chi connectivity index (χ3v) is 6.69. The van der Waals surface area contributed by atoms with Gasteiger partial charge in [-0.25, -0.2) is 8.42 Å². The van der Waals surface area contributed by atoms with Gasteiger partial charge in [-0.05, 0) is 67.3 Å². The fraction of sp³-hybridized carbons (Fsp3) is 0.480. The van der Waals surface area contributed by atoms with E-state index in [4.69, 9.17) is 0 Å². The second kappa shape index (κ2) is 10.8. The number of anilines is 1. The summed E-state index contributed by atoms with van der Waals surface area (Å²) in [6, 6.07) is 13.5. The molecule has 0 saturated heterocycles. The Balaban J connectivity index is 2.05. The van der Waals surface area contributed by atoms with E-state index in [1.165, 1.54) is 15.4 Å². The summed E-state index contributed by atoms with van der Waals surface area (Å²) in [5.41, 5.74) is 4.89. The minimum absolute atomic E-state index is 0.260. The summed E-state index contributed by atoms with van der Waals surface area (Å²) in [5.74, 6) is 0.248. The molecule has 1 unspecified atom stereocenters. The Bertz CT molecular complexity index is 982. The molecule has 2 aromatic carbocycles. The number of amides is 1. The Morgan fingerprint density at radius 3 is 2.26 bits per heavy atom. The second-order valence-electron chi connectivity index (χ2n) is 8.56. The summed E-state index contributed by atoms with van der Waals surface area (Å²) >= 11 is 0. The van der Waals surface area contributed by atoms with Crippen LogP contribution in [-0.2, 0) is 21.2 Å². The van der Waals surface area contributed by atoms with E-state index < -0.39 is 16.1 Å². The fourth-order valence-electron chi connectivity index (χ4n) is 3.68. The number of nitrogens with zero attached hydrogens (tertiary/aromatic N) is 1. The molecule has 0 aromatic heterocycles. The van der Waals surface area contributed by atoms with Crippen molar-refractivity contribution in [3.63, 3.8) is 0 Å². The first-order chi connectivity index (χ1) is 14.5. The molecule has 0 heterocycles. The maximum absolute atomic E-state index is 12.9. The molecule has 1 atom stereocenters. The Labute approximate surface area is 187 Å². The minimum Gasteiger partial charge on any atom is -0.354 e. The second-order valence-corrected chi connectivity index (χ2v) is 10.4. The van der Waals surface area contributed by atoms with Gasteiger partial charge in [0.25, 0.3) is 0 Å². The predicted octanol–water partition coefficient (Wildman–Crippen LogP) is 4.72. The standard InChI is InChI=1S/C25H36N2O3S/c1-7-23(27(31(6,29)30)24-17-19(4)10-11-20(24)5)25(28)26-16-8-9-21-12-14-22(15-13-21)18(2)3/h10-15,17-18,23H,7-9,16H2,1-6H3,(H,26,28). The van der Waals surface area contributed by atoms with Gasteiger partial charge in [0.05, 0.1) is 11.9 Å². The lowest BCUT2D eigenvalue weighted by Gasteiger charge is -2.31. The van der Waals surface area contributed by atoms with Crippen LogP contribution in [0.3, 0.4) is 0 Å². The Hall–Kier alpha value is -2.34. The van der Waals surface area contributed by atoms with Crippen LogP contribution in [0.5, 0.6) is 0 Å². The van der Waals surface area contributed by atoms with Crippen LogP contribution in [-0.4, -0.2) is 33.2 Å². The maximum atomic E-state index is 12.9. The normalized spacial score (nSPS) is 12.6. The molecule has 6 heteroatoms. The summed E-state index contributed by atoms with van der Waals surface area (Å²) in [6.07, 6.45) is 3.21. The van der Waals surface area contributed by atoms with Gasteiger partial charge in [-0.1, -0.05) is 57.2 Å². The minimum atomic E-state index is -3.63. The molecular weight excluding hydrogens is 408 g/mol. The molecule has 5 nitrogen and oxygen atoms in total. The zero-order valence-corrected chi connectivity index (χ0v) is 20.4. The first kappa shape index (κ1) is 24.9. The van der Waals surface area contributed by atoms with E-state index in [1.54, 1.807) is 0 Å². The van der Waals surface area contributed by atoms with Crippen LogP contribution in [0.2, 0.25) is 0 Å². The molecule has 0 radical (unpaired) electrons. The number of hydrogen-bond acceptors (Lipinski definition) is 3. The van der Waals surface area contributed by atoms with E-state index in [1.807, 2.05) is 39.0 Å². The Morgan fingerprint density at radius 2 is 1.71 bits per heavy atom. The van der Waals surface area contributed by atoms with Crippen LogP contribution in [0.4, 0.5) is 5.69 Å². The molecule has 1 N–H and O–H groups in total. The Kier molecular flexibility index (Phi) is 8.69. The van der Waals surface area contributed by atoms with Gasteiger partial charge in [-0.3, -0.25) is 9.10 Å². The lowest BCUT2D eigenvalue weighted by molar-refractivity contribution is -0.122. The molecule has 0 bridgehead atoms. The van der Waals surface area contributed by atoms with Gasteiger partial charge in [0.15, 0.2) is 0 Å². The summed E-state index contributed by atoms with van der Waals surface area (Å²) < 4.78 is 26.5. The largest absolute Gasteiger partial charge is 0.354 e. The van der Waals surface area contributed by atoms with Crippen LogP contribution in [0.25, 0.3) is 0 Å². The van der Waals surface area contributed by atoms with Gasteiger partial charge in [-0.15, -0.1) is 0 Å². The average Bonchev–Trinajstić information content (AvgIpc) is 2.70. The third kappa shape index (κ3) is 6.82. The van der Waals surface area contributed by atoms with E-state index in [2.05, 4.69) is 43.4 Å². The SMILES string of the molecule is CCC(C(=O)NCCCc1ccc(C(C)C)cc1)N(c1cc(C)ccc1C)S(C)(=O)=O. The molecule has 0 saturated carbocycles. The van der Waals surface area contributed by atoms with Crippen LogP contribution in [0.1, 0.15) is 61.8 Å². The fourth-order valence-corrected chi connectivity index (χ4v) is 4.94. The molecular formula is C25H36N2O3S. The van der Waals surface area contributed by atoms with Gasteiger partial charge < -0.3 is 5.32 Å². The Morgan fingerprint density at radius 1 is 1.06 bits per heavy atom. The molecule has 0 spiro atoms. The summed E-state index contributed by atoms with van der Waals surface area (Å²) in [6.45, 7) is 10.5. The van der Waals surface area contributed by atoms with Crippen molar-refractivity contribution in [1.29, 1.82) is 0 Å². The van der Waals surface area contributed by atoms with Crippen molar-refractivity contribution in [3.05, 3.63) is 64.7 Å². The molecule has 31 heavy (non-hydrogen) atoms. The highest BCUT2D eigenvalue weighted by atomic mass is 32.2. The van der Waals surface area contributed by atoms with E-state index >= 15 is 0 Å². The van der Waals surface area contributed by atoms with Crippen molar-refractivity contribution in [3.8, 4) is 0 Å². The van der Waals surface area contributed by atoms with E-state index in [0.29, 0.717) is 24.6 Å². The number of carbonyl (C=O) groups is 1. The molecule has 0 fully saturated rings. The van der Waals surface area contributed by atoms with Gasteiger partial charge in [0.2, 0.25) is 15.9 Å². The van der Waals surface area contributed by atoms with Crippen molar-refractivity contribution in [2.24, 2.45) is 0 Å². The zero-order chi connectivity index (χ0) is 23.2. The van der Waals surface area contributed by atoms with Crippen LogP contribution in [0, 0.1) is 13.8 Å². The quantitative estimate of drug-likeness (QED) is 0.539. The van der Waals surface area contributed by atoms with Gasteiger partial charge in [0, 0.05) is 6.54 Å². The zero-order valence-electron chi connectivity index (χ0n) is 19.6. The highest BCUT2D eigenvalue weighted by Crippen LogP contribution is 2.27. The van der Waals surface area contributed by atoms with Crippen LogP contribution >= 0.6 is 0 Å². The topological polar surface area (TPSA) is 66.5 Å². The van der Waals surface area contributed by atoms with Crippen molar-refractivity contribution in [1.82, 2.24) is 5.32 Å². The number of benzene rings is 2. The van der Waals surface area contributed by atoms with E-state index in [9.17, 15) is 13.2 Å². The highest BCUT2D eigenvalue weighted by molar-refractivity contribution is 7.92. The number of rotatable bonds is 10. The van der Waals surface area contributed by atoms with Crippen molar-refractivity contribution >= 4 is 21.6 Å². The average molecular weight is 445 g/mol. The molecule has 2 rings (SSSR count). The number of aryl methyl sites for hydroxylation is 3. The van der Waals surface area contributed by atoms with Crippen LogP contribution in [0.15, 0.2) is 42.5 Å². The van der Waals surface area contributed by atoms with Crippen molar-refractivity contribution < 1.29 is 13.2 Å². The molecule has 170 valence electrons. The monoisotopic (exact) mass is 444 g/mol. The smallest absolute Gasteiger partial charge is 0.243 e. The van der Waals surface area contributed by atoms with Gasteiger partial charge in [-0.2, -0.15) is 0 Å². The van der Waals surface area contributed by atoms with Crippen molar-refractivity contribution in [2.75, 3.05) is 17.1 Å². The lowest BCUT2D eigenvalue weighted by atomic mass is 10.0. The number of hydrogen-bond donors (Lipinski definition) is 1. The number of sulfonamides is 1. The summed E-state index contributed by atoms with van der Waals surface area (Å²) in [7, 11) is -3.63. The first-order valence-electron chi connectivity index (χ1n) is 11.0. The number of nitrogens with one attached hydrogen (secondary N) is 1. The lowest BCUT2D eigenvalue weighted by Crippen LogP contribution is -2.49. The molecule has 2 aromatic rings. The molecule has 1 amide bonds. The van der Waals surface area contributed by atoms with Crippen molar-refractivity contribution in [2.45, 2.75) is 65.8 Å². The number of carbonyl (C=O) groups excluding carboxylic acids is 1. The van der Waals surface area contributed by atoms with E-state index in [-0.39, 0.29) is 5.91 Å².